The molecule has 1 aliphatic rings. The second-order valence-corrected chi connectivity index (χ2v) is 2.58. The van der Waals surface area contributed by atoms with Gasteiger partial charge in [0.05, 0.1) is 0 Å². The van der Waals surface area contributed by atoms with Crippen LogP contribution in [-0.2, 0) is 0 Å². The summed E-state index contributed by atoms with van der Waals surface area (Å²) in [5.74, 6) is 0. The Morgan fingerprint density at radius 3 is 1.73 bits per heavy atom. The van der Waals surface area contributed by atoms with E-state index in [1.54, 1.807) is 0 Å². The third-order valence-electron chi connectivity index (χ3n) is 1.97. The van der Waals surface area contributed by atoms with Crippen molar-refractivity contribution >= 4 is 6.98 Å². The van der Waals surface area contributed by atoms with Crippen LogP contribution in [0, 0.1) is 0 Å². The predicted octanol–water partition coefficient (Wildman–Crippen LogP) is 1.43. The van der Waals surface area contributed by atoms with Crippen molar-refractivity contribution in [1.29, 1.82) is 0 Å². The zero-order valence-corrected chi connectivity index (χ0v) is 7.49. The Bertz CT molecular complexity index is 136. The summed E-state index contributed by atoms with van der Waals surface area (Å²) in [6.07, 6.45) is 1.08. The lowest BCUT2D eigenvalue weighted by Crippen LogP contribution is -2.42. The van der Waals surface area contributed by atoms with Crippen LogP contribution in [0.1, 0.15) is 20.8 Å². The molecule has 0 N–H and O–H groups in total. The van der Waals surface area contributed by atoms with E-state index in [0.29, 0.717) is 6.98 Å². The molecular weight excluding hydrogens is 139 g/mol. The molecule has 1 rings (SSSR count). The van der Waals surface area contributed by atoms with Crippen LogP contribution >= 0.6 is 0 Å². The Balaban J connectivity index is 2.54. The summed E-state index contributed by atoms with van der Waals surface area (Å²) >= 11 is 0. The standard InChI is InChI=1S/C6H15BN4/c1-4-7-10(5-2)8-9-11(7)6-3/h4-6H2,1-3H3. The van der Waals surface area contributed by atoms with E-state index in [1.807, 2.05) is 9.84 Å². The molecule has 62 valence electrons. The average Bonchev–Trinajstić information content (AvgIpc) is 2.45. The van der Waals surface area contributed by atoms with Crippen LogP contribution in [0.2, 0.25) is 6.32 Å². The molecule has 5 heteroatoms. The minimum absolute atomic E-state index is 0.394. The molecule has 0 radical (unpaired) electrons. The minimum atomic E-state index is 0.394. The van der Waals surface area contributed by atoms with Gasteiger partial charge in [0.25, 0.3) is 0 Å². The minimum Gasteiger partial charge on any atom is -0.295 e. The molecule has 0 bridgehead atoms. The van der Waals surface area contributed by atoms with Crippen molar-refractivity contribution in [1.82, 2.24) is 9.84 Å². The molecule has 0 aromatic carbocycles. The van der Waals surface area contributed by atoms with Gasteiger partial charge in [0.1, 0.15) is 0 Å². The van der Waals surface area contributed by atoms with Crippen molar-refractivity contribution in [3.8, 4) is 0 Å². The van der Waals surface area contributed by atoms with Crippen molar-refractivity contribution in [2.75, 3.05) is 13.1 Å². The summed E-state index contributed by atoms with van der Waals surface area (Å²) in [6.45, 7) is 8.63. The predicted molar refractivity (Wildman–Crippen MR) is 45.9 cm³/mol. The summed E-state index contributed by atoms with van der Waals surface area (Å²) in [5, 5.41) is 8.09. The summed E-state index contributed by atoms with van der Waals surface area (Å²) in [6, 6.07) is 0. The van der Waals surface area contributed by atoms with E-state index >= 15 is 0 Å². The summed E-state index contributed by atoms with van der Waals surface area (Å²) < 4.78 is 0. The van der Waals surface area contributed by atoms with Gasteiger partial charge in [0, 0.05) is 13.1 Å². The van der Waals surface area contributed by atoms with Crippen molar-refractivity contribution in [3.63, 3.8) is 0 Å². The van der Waals surface area contributed by atoms with E-state index in [4.69, 9.17) is 0 Å². The molecule has 0 saturated carbocycles. The van der Waals surface area contributed by atoms with E-state index in [0.717, 1.165) is 19.4 Å². The first-order valence-electron chi connectivity index (χ1n) is 4.28. The van der Waals surface area contributed by atoms with Crippen LogP contribution in [0.5, 0.6) is 0 Å². The van der Waals surface area contributed by atoms with Crippen LogP contribution in [0.25, 0.3) is 0 Å². The van der Waals surface area contributed by atoms with Gasteiger partial charge in [-0.25, -0.2) is 0 Å². The highest BCUT2D eigenvalue weighted by Crippen LogP contribution is 2.14. The highest BCUT2D eigenvalue weighted by atomic mass is 15.7. The first-order valence-corrected chi connectivity index (χ1v) is 4.28. The number of nitrogens with zero attached hydrogens (tertiary/aromatic N) is 4. The number of hydrogen-bond acceptors (Lipinski definition) is 4. The third-order valence-corrected chi connectivity index (χ3v) is 1.97. The van der Waals surface area contributed by atoms with Crippen LogP contribution in [0.4, 0.5) is 0 Å². The maximum Gasteiger partial charge on any atom is 0.412 e. The van der Waals surface area contributed by atoms with Gasteiger partial charge >= 0.3 is 6.98 Å². The average molecular weight is 154 g/mol. The maximum absolute atomic E-state index is 4.04. The van der Waals surface area contributed by atoms with Crippen molar-refractivity contribution < 1.29 is 0 Å². The first kappa shape index (κ1) is 8.36. The lowest BCUT2D eigenvalue weighted by atomic mass is 9.71. The topological polar surface area (TPSA) is 31.2 Å². The summed E-state index contributed by atoms with van der Waals surface area (Å²) in [5.41, 5.74) is 0. The Hall–Kier alpha value is -0.735. The molecule has 0 fully saturated rings. The van der Waals surface area contributed by atoms with Gasteiger partial charge in [-0.3, -0.25) is 9.84 Å². The van der Waals surface area contributed by atoms with E-state index in [-0.39, 0.29) is 0 Å². The fourth-order valence-corrected chi connectivity index (χ4v) is 1.35. The lowest BCUT2D eigenvalue weighted by molar-refractivity contribution is 0.476. The maximum atomic E-state index is 4.04. The molecule has 0 amide bonds. The Morgan fingerprint density at radius 2 is 1.45 bits per heavy atom. The van der Waals surface area contributed by atoms with Crippen LogP contribution in [-0.4, -0.2) is 29.9 Å². The molecule has 1 heterocycles. The second kappa shape index (κ2) is 3.60. The van der Waals surface area contributed by atoms with Gasteiger partial charge < -0.3 is 0 Å². The van der Waals surface area contributed by atoms with Crippen LogP contribution in [0.15, 0.2) is 10.4 Å². The first-order chi connectivity index (χ1) is 5.33. The Kier molecular flexibility index (Phi) is 2.73. The van der Waals surface area contributed by atoms with Gasteiger partial charge in [0.15, 0.2) is 0 Å². The fourth-order valence-electron chi connectivity index (χ4n) is 1.35. The molecular formula is C6H15BN4. The largest absolute Gasteiger partial charge is 0.412 e. The van der Waals surface area contributed by atoms with Gasteiger partial charge in [-0.05, 0) is 20.2 Å². The molecule has 1 aliphatic heterocycles. The normalized spacial score (nSPS) is 16.8. The highest BCUT2D eigenvalue weighted by Gasteiger charge is 2.31. The second-order valence-electron chi connectivity index (χ2n) is 2.58. The molecule has 0 unspecified atom stereocenters. The van der Waals surface area contributed by atoms with Crippen LogP contribution in [0.3, 0.4) is 0 Å². The Morgan fingerprint density at radius 1 is 1.00 bits per heavy atom. The van der Waals surface area contributed by atoms with Gasteiger partial charge in [-0.2, -0.15) is 0 Å². The molecule has 4 nitrogen and oxygen atoms in total. The van der Waals surface area contributed by atoms with Gasteiger partial charge in [0.2, 0.25) is 0 Å². The fraction of sp³-hybridized carbons (Fsp3) is 1.00. The molecule has 11 heavy (non-hydrogen) atoms. The van der Waals surface area contributed by atoms with Gasteiger partial charge in [-0.15, -0.1) is 0 Å². The summed E-state index contributed by atoms with van der Waals surface area (Å²) in [7, 11) is 0. The quantitative estimate of drug-likeness (QED) is 0.575. The molecule has 0 spiro atoms. The van der Waals surface area contributed by atoms with E-state index in [2.05, 4.69) is 31.2 Å². The Labute approximate surface area is 68.3 Å². The molecule has 0 saturated heterocycles. The zero-order chi connectivity index (χ0) is 8.27. The molecule has 0 aromatic heterocycles. The highest BCUT2D eigenvalue weighted by molar-refractivity contribution is 6.52. The number of rotatable bonds is 3. The van der Waals surface area contributed by atoms with E-state index in [1.165, 1.54) is 0 Å². The summed E-state index contributed by atoms with van der Waals surface area (Å²) in [4.78, 5) is 4.03. The number of hydrogen-bond donors (Lipinski definition) is 0. The molecule has 0 aromatic rings. The van der Waals surface area contributed by atoms with Gasteiger partial charge in [-0.1, -0.05) is 17.4 Å². The lowest BCUT2D eigenvalue weighted by Gasteiger charge is -2.20. The van der Waals surface area contributed by atoms with Crippen LogP contribution < -0.4 is 0 Å². The molecule has 0 atom stereocenters. The van der Waals surface area contributed by atoms with E-state index < -0.39 is 0 Å². The zero-order valence-electron chi connectivity index (χ0n) is 7.49. The molecule has 0 aliphatic carbocycles. The van der Waals surface area contributed by atoms with E-state index in [9.17, 15) is 0 Å². The van der Waals surface area contributed by atoms with Crippen molar-refractivity contribution in [3.05, 3.63) is 0 Å². The third kappa shape index (κ3) is 1.47. The monoisotopic (exact) mass is 154 g/mol. The van der Waals surface area contributed by atoms with Crippen molar-refractivity contribution in [2.45, 2.75) is 27.1 Å². The smallest absolute Gasteiger partial charge is 0.295 e. The SMILES string of the molecule is CCB1N(CC)N=NN1CC. The van der Waals surface area contributed by atoms with Crippen molar-refractivity contribution in [2.24, 2.45) is 10.4 Å².